The lowest BCUT2D eigenvalue weighted by Gasteiger charge is -2.28. The van der Waals surface area contributed by atoms with Crippen molar-refractivity contribution >= 4 is 34.6 Å². The standard InChI is InChI=1S/C24H26N8O2/c1-2-19(3-1)34-23-5-4-18(16-26-23)28-24-29-20(15-22(30-24)32-10-12-33-13-11-32)27-17-6-8-31-9-7-25-21(31)14-17/h4-9,14-16,19H,1-3,10-13H2,(H2,27,28,29,30). The average molecular weight is 459 g/mol. The first kappa shape index (κ1) is 20.7. The number of ether oxygens (including phenoxy) is 2. The maximum absolute atomic E-state index is 5.86. The highest BCUT2D eigenvalue weighted by Gasteiger charge is 2.19. The summed E-state index contributed by atoms with van der Waals surface area (Å²) >= 11 is 0. The molecule has 5 heterocycles. The number of nitrogens with zero attached hydrogens (tertiary/aromatic N) is 6. The highest BCUT2D eigenvalue weighted by atomic mass is 16.5. The Morgan fingerprint density at radius 3 is 2.65 bits per heavy atom. The van der Waals surface area contributed by atoms with Crippen molar-refractivity contribution in [3.05, 3.63) is 55.1 Å². The van der Waals surface area contributed by atoms with Gasteiger partial charge in [0.2, 0.25) is 11.8 Å². The van der Waals surface area contributed by atoms with Gasteiger partial charge in [-0.1, -0.05) is 0 Å². The first-order chi connectivity index (χ1) is 16.8. The lowest BCUT2D eigenvalue weighted by molar-refractivity contribution is 0.114. The monoisotopic (exact) mass is 458 g/mol. The zero-order chi connectivity index (χ0) is 22.7. The number of nitrogens with one attached hydrogen (secondary N) is 2. The van der Waals surface area contributed by atoms with Gasteiger partial charge in [-0.2, -0.15) is 9.97 Å². The van der Waals surface area contributed by atoms with Crippen LogP contribution in [0, 0.1) is 0 Å². The van der Waals surface area contributed by atoms with Crippen LogP contribution in [0.4, 0.5) is 29.0 Å². The molecule has 1 saturated heterocycles. The first-order valence-electron chi connectivity index (χ1n) is 11.6. The fourth-order valence-electron chi connectivity index (χ4n) is 3.96. The van der Waals surface area contributed by atoms with Crippen LogP contribution in [0.5, 0.6) is 5.88 Å². The van der Waals surface area contributed by atoms with Crippen molar-refractivity contribution in [3.8, 4) is 5.88 Å². The van der Waals surface area contributed by atoms with Crippen molar-refractivity contribution in [1.82, 2.24) is 24.3 Å². The van der Waals surface area contributed by atoms with Gasteiger partial charge in [0.25, 0.3) is 0 Å². The van der Waals surface area contributed by atoms with Gasteiger partial charge >= 0.3 is 0 Å². The van der Waals surface area contributed by atoms with Crippen LogP contribution >= 0.6 is 0 Å². The molecule has 0 bridgehead atoms. The molecule has 2 N–H and O–H groups in total. The van der Waals surface area contributed by atoms with E-state index in [0.717, 1.165) is 48.8 Å². The molecule has 2 fully saturated rings. The van der Waals surface area contributed by atoms with Crippen molar-refractivity contribution in [3.63, 3.8) is 0 Å². The van der Waals surface area contributed by atoms with Gasteiger partial charge in [0, 0.05) is 55.6 Å². The minimum Gasteiger partial charge on any atom is -0.474 e. The topological polar surface area (TPSA) is 102 Å². The Bertz CT molecular complexity index is 1270. The third-order valence-electron chi connectivity index (χ3n) is 6.05. The summed E-state index contributed by atoms with van der Waals surface area (Å²) in [6.07, 6.45) is 11.1. The third-order valence-corrected chi connectivity index (χ3v) is 6.05. The van der Waals surface area contributed by atoms with Crippen LogP contribution in [0.2, 0.25) is 0 Å². The predicted molar refractivity (Wildman–Crippen MR) is 129 cm³/mol. The van der Waals surface area contributed by atoms with E-state index in [1.54, 1.807) is 12.4 Å². The van der Waals surface area contributed by atoms with E-state index in [0.29, 0.717) is 37.0 Å². The van der Waals surface area contributed by atoms with Gasteiger partial charge in [0.05, 0.1) is 25.1 Å². The zero-order valence-corrected chi connectivity index (χ0v) is 18.7. The molecule has 4 aromatic heterocycles. The Hall–Kier alpha value is -3.92. The second-order valence-corrected chi connectivity index (χ2v) is 8.45. The van der Waals surface area contributed by atoms with E-state index < -0.39 is 0 Å². The van der Waals surface area contributed by atoms with Crippen LogP contribution < -0.4 is 20.3 Å². The van der Waals surface area contributed by atoms with Crippen molar-refractivity contribution < 1.29 is 9.47 Å². The second kappa shape index (κ2) is 9.14. The molecule has 0 radical (unpaired) electrons. The molecule has 10 heteroatoms. The smallest absolute Gasteiger partial charge is 0.231 e. The predicted octanol–water partition coefficient (Wildman–Crippen LogP) is 3.77. The summed E-state index contributed by atoms with van der Waals surface area (Å²) in [6, 6.07) is 9.74. The zero-order valence-electron chi connectivity index (χ0n) is 18.7. The minimum absolute atomic E-state index is 0.301. The molecule has 0 unspecified atom stereocenters. The molecule has 6 rings (SSSR count). The maximum atomic E-state index is 5.86. The Kier molecular flexibility index (Phi) is 5.56. The van der Waals surface area contributed by atoms with E-state index in [2.05, 4.69) is 25.5 Å². The van der Waals surface area contributed by atoms with Crippen molar-refractivity contribution in [1.29, 1.82) is 0 Å². The largest absolute Gasteiger partial charge is 0.474 e. The molecule has 0 spiro atoms. The van der Waals surface area contributed by atoms with Gasteiger partial charge in [-0.15, -0.1) is 0 Å². The summed E-state index contributed by atoms with van der Waals surface area (Å²) in [5.74, 6) is 2.66. The summed E-state index contributed by atoms with van der Waals surface area (Å²) in [7, 11) is 0. The molecule has 1 aliphatic heterocycles. The number of fused-ring (bicyclic) bond motifs is 1. The van der Waals surface area contributed by atoms with Crippen LogP contribution in [0.15, 0.2) is 55.1 Å². The summed E-state index contributed by atoms with van der Waals surface area (Å²) in [6.45, 7) is 2.92. The lowest BCUT2D eigenvalue weighted by Crippen LogP contribution is -2.36. The quantitative estimate of drug-likeness (QED) is 0.428. The number of hydrogen-bond donors (Lipinski definition) is 2. The fourth-order valence-corrected chi connectivity index (χ4v) is 3.96. The highest BCUT2D eigenvalue weighted by Crippen LogP contribution is 2.26. The fraction of sp³-hybridized carbons (Fsp3) is 0.333. The Morgan fingerprint density at radius 1 is 0.941 bits per heavy atom. The van der Waals surface area contributed by atoms with E-state index in [4.69, 9.17) is 19.4 Å². The van der Waals surface area contributed by atoms with Crippen molar-refractivity contribution in [2.75, 3.05) is 41.8 Å². The van der Waals surface area contributed by atoms with E-state index in [9.17, 15) is 0 Å². The van der Waals surface area contributed by atoms with Gasteiger partial charge in [-0.3, -0.25) is 0 Å². The van der Waals surface area contributed by atoms with E-state index >= 15 is 0 Å². The molecule has 0 aromatic carbocycles. The number of morpholine rings is 1. The molecule has 10 nitrogen and oxygen atoms in total. The van der Waals surface area contributed by atoms with E-state index in [1.165, 1.54) is 6.42 Å². The minimum atomic E-state index is 0.301. The SMILES string of the molecule is c1cn2ccc(Nc3cc(N4CCOCC4)nc(Nc4ccc(OC5CCC5)nc4)n3)cc2n1. The van der Waals surface area contributed by atoms with Crippen LogP contribution in [0.3, 0.4) is 0 Å². The Labute approximate surface area is 197 Å². The highest BCUT2D eigenvalue weighted by molar-refractivity contribution is 5.66. The Morgan fingerprint density at radius 2 is 1.85 bits per heavy atom. The summed E-state index contributed by atoms with van der Waals surface area (Å²) in [5, 5.41) is 6.69. The second-order valence-electron chi connectivity index (χ2n) is 8.45. The maximum Gasteiger partial charge on any atom is 0.231 e. The Balaban J connectivity index is 1.25. The number of hydrogen-bond acceptors (Lipinski definition) is 9. The van der Waals surface area contributed by atoms with Crippen LogP contribution in [0.25, 0.3) is 5.65 Å². The van der Waals surface area contributed by atoms with Gasteiger partial charge in [-0.05, 0) is 31.4 Å². The summed E-state index contributed by atoms with van der Waals surface area (Å²) in [5.41, 5.74) is 2.56. The molecular weight excluding hydrogens is 432 g/mol. The molecule has 34 heavy (non-hydrogen) atoms. The number of imidazole rings is 1. The van der Waals surface area contributed by atoms with Crippen LogP contribution in [0.1, 0.15) is 19.3 Å². The molecule has 4 aromatic rings. The van der Waals surface area contributed by atoms with Crippen LogP contribution in [-0.2, 0) is 4.74 Å². The molecule has 0 amide bonds. The number of anilines is 5. The van der Waals surface area contributed by atoms with Gasteiger partial charge in [0.1, 0.15) is 23.4 Å². The number of aromatic nitrogens is 5. The molecular formula is C24H26N8O2. The molecule has 1 aliphatic carbocycles. The number of pyridine rings is 2. The van der Waals surface area contributed by atoms with Crippen molar-refractivity contribution in [2.24, 2.45) is 0 Å². The molecule has 2 aliphatic rings. The number of rotatable bonds is 7. The van der Waals surface area contributed by atoms with Gasteiger partial charge in [0.15, 0.2) is 0 Å². The van der Waals surface area contributed by atoms with E-state index in [-0.39, 0.29) is 0 Å². The first-order valence-corrected chi connectivity index (χ1v) is 11.6. The van der Waals surface area contributed by atoms with Gasteiger partial charge < -0.3 is 29.4 Å². The normalized spacial score (nSPS) is 16.3. The lowest BCUT2D eigenvalue weighted by atomic mass is 9.96. The molecule has 0 atom stereocenters. The third kappa shape index (κ3) is 4.58. The van der Waals surface area contributed by atoms with Crippen molar-refractivity contribution in [2.45, 2.75) is 25.4 Å². The van der Waals surface area contributed by atoms with Gasteiger partial charge in [-0.25, -0.2) is 9.97 Å². The van der Waals surface area contributed by atoms with Crippen LogP contribution in [-0.4, -0.2) is 56.7 Å². The molecule has 1 saturated carbocycles. The van der Waals surface area contributed by atoms with E-state index in [1.807, 2.05) is 47.1 Å². The molecule has 174 valence electrons. The average Bonchev–Trinajstić information content (AvgIpc) is 3.31. The summed E-state index contributed by atoms with van der Waals surface area (Å²) < 4.78 is 13.3. The summed E-state index contributed by atoms with van der Waals surface area (Å²) in [4.78, 5) is 20.5.